The molecule has 0 saturated carbocycles. The third kappa shape index (κ3) is 4.66. The number of aromatic amines is 1. The molecule has 0 aliphatic carbocycles. The van der Waals surface area contributed by atoms with Crippen molar-refractivity contribution < 1.29 is 18.0 Å². The van der Waals surface area contributed by atoms with Crippen molar-refractivity contribution in [2.45, 2.75) is 13.0 Å². The number of sulfonamides is 1. The zero-order chi connectivity index (χ0) is 24.5. The Hall–Kier alpha value is -3.69. The van der Waals surface area contributed by atoms with Gasteiger partial charge in [-0.1, -0.05) is 43.0 Å². The molecule has 0 atom stereocenters. The van der Waals surface area contributed by atoms with E-state index >= 15 is 0 Å². The summed E-state index contributed by atoms with van der Waals surface area (Å²) in [4.78, 5) is 27.2. The van der Waals surface area contributed by atoms with E-state index in [1.54, 1.807) is 6.07 Å². The van der Waals surface area contributed by atoms with Crippen LogP contribution >= 0.6 is 0 Å². The highest BCUT2D eigenvalue weighted by Gasteiger charge is 2.22. The van der Waals surface area contributed by atoms with Crippen molar-refractivity contribution in [2.75, 3.05) is 19.3 Å². The van der Waals surface area contributed by atoms with E-state index < -0.39 is 15.9 Å². The fourth-order valence-corrected chi connectivity index (χ4v) is 4.99. The van der Waals surface area contributed by atoms with Gasteiger partial charge >= 0.3 is 0 Å². The van der Waals surface area contributed by atoms with E-state index in [0.29, 0.717) is 37.1 Å². The van der Waals surface area contributed by atoms with Gasteiger partial charge < -0.3 is 16.0 Å². The molecular formula is C25H26N4O4S. The predicted octanol–water partition coefficient (Wildman–Crippen LogP) is 2.78. The first kappa shape index (κ1) is 23.5. The Kier molecular flexibility index (Phi) is 6.41. The van der Waals surface area contributed by atoms with Gasteiger partial charge in [-0.05, 0) is 46.9 Å². The summed E-state index contributed by atoms with van der Waals surface area (Å²) in [6.45, 7) is 4.49. The first-order valence-electron chi connectivity index (χ1n) is 10.8. The van der Waals surface area contributed by atoms with Crippen LogP contribution in [0.2, 0.25) is 0 Å². The van der Waals surface area contributed by atoms with Gasteiger partial charge in [-0.3, -0.25) is 9.59 Å². The van der Waals surface area contributed by atoms with Crippen LogP contribution in [0.1, 0.15) is 28.0 Å². The van der Waals surface area contributed by atoms with E-state index in [9.17, 15) is 18.0 Å². The van der Waals surface area contributed by atoms with Crippen LogP contribution in [0.5, 0.6) is 0 Å². The van der Waals surface area contributed by atoms with E-state index in [0.717, 1.165) is 33.3 Å². The van der Waals surface area contributed by atoms with Crippen molar-refractivity contribution in [3.8, 4) is 11.1 Å². The van der Waals surface area contributed by atoms with Crippen LogP contribution in [0.3, 0.4) is 0 Å². The molecule has 0 bridgehead atoms. The number of hydrogen-bond acceptors (Lipinski definition) is 4. The fraction of sp³-hybridized carbons (Fsp3) is 0.200. The molecule has 176 valence electrons. The maximum absolute atomic E-state index is 12.1. The molecule has 1 aliphatic rings. The molecule has 2 heterocycles. The number of rotatable bonds is 7. The molecular weight excluding hydrogens is 452 g/mol. The molecule has 2 amide bonds. The Bertz CT molecular complexity index is 1440. The maximum atomic E-state index is 12.1. The molecule has 1 aliphatic heterocycles. The van der Waals surface area contributed by atoms with E-state index in [1.165, 1.54) is 16.6 Å². The number of aromatic nitrogens is 1. The monoisotopic (exact) mass is 478 g/mol. The lowest BCUT2D eigenvalue weighted by molar-refractivity contribution is -0.116. The summed E-state index contributed by atoms with van der Waals surface area (Å²) in [7, 11) is -3.25. The average Bonchev–Trinajstić information content (AvgIpc) is 3.27. The summed E-state index contributed by atoms with van der Waals surface area (Å²) >= 11 is 0. The van der Waals surface area contributed by atoms with Crippen LogP contribution in [0.15, 0.2) is 61.2 Å². The van der Waals surface area contributed by atoms with Gasteiger partial charge in [0.15, 0.2) is 0 Å². The summed E-state index contributed by atoms with van der Waals surface area (Å²) in [6.07, 6.45) is 4.86. The van der Waals surface area contributed by atoms with Crippen molar-refractivity contribution in [1.29, 1.82) is 0 Å². The molecule has 9 heteroatoms. The molecule has 8 nitrogen and oxygen atoms in total. The van der Waals surface area contributed by atoms with Gasteiger partial charge in [-0.2, -0.15) is 4.31 Å². The Morgan fingerprint density at radius 2 is 1.97 bits per heavy atom. The SMILES string of the molecule is C=CC(=O)NCc1ccccc1-c1ccc(C(N)=O)c2[nH]c(C3=CCN(S(C)(=O)=O)CC3)cc12. The smallest absolute Gasteiger partial charge is 0.250 e. The van der Waals surface area contributed by atoms with E-state index in [4.69, 9.17) is 5.73 Å². The zero-order valence-electron chi connectivity index (χ0n) is 18.8. The lowest BCUT2D eigenvalue weighted by Crippen LogP contribution is -2.33. The number of H-pyrrole nitrogens is 1. The van der Waals surface area contributed by atoms with Crippen molar-refractivity contribution in [1.82, 2.24) is 14.6 Å². The Labute approximate surface area is 198 Å². The highest BCUT2D eigenvalue weighted by Crippen LogP contribution is 2.36. The number of fused-ring (bicyclic) bond motifs is 1. The molecule has 34 heavy (non-hydrogen) atoms. The topological polar surface area (TPSA) is 125 Å². The van der Waals surface area contributed by atoms with Gasteiger partial charge in [0.1, 0.15) is 0 Å². The highest BCUT2D eigenvalue weighted by atomic mass is 32.2. The predicted molar refractivity (Wildman–Crippen MR) is 133 cm³/mol. The third-order valence-corrected chi connectivity index (χ3v) is 7.26. The molecule has 4 rings (SSSR count). The second kappa shape index (κ2) is 9.28. The van der Waals surface area contributed by atoms with Crippen molar-refractivity contribution in [3.63, 3.8) is 0 Å². The van der Waals surface area contributed by atoms with E-state index in [2.05, 4.69) is 16.9 Å². The van der Waals surface area contributed by atoms with Crippen LogP contribution < -0.4 is 11.1 Å². The third-order valence-electron chi connectivity index (χ3n) is 5.99. The van der Waals surface area contributed by atoms with Gasteiger partial charge in [0.05, 0.1) is 17.3 Å². The molecule has 3 aromatic rings. The number of carbonyl (C=O) groups excluding carboxylic acids is 2. The molecule has 0 spiro atoms. The van der Waals surface area contributed by atoms with Crippen LogP contribution in [0.4, 0.5) is 0 Å². The van der Waals surface area contributed by atoms with Crippen molar-refractivity contribution in [2.24, 2.45) is 5.73 Å². The maximum Gasteiger partial charge on any atom is 0.250 e. The van der Waals surface area contributed by atoms with E-state index in [-0.39, 0.29) is 5.91 Å². The lowest BCUT2D eigenvalue weighted by Gasteiger charge is -2.23. The number of nitrogens with zero attached hydrogens (tertiary/aromatic N) is 1. The number of amides is 2. The summed E-state index contributed by atoms with van der Waals surface area (Å²) < 4.78 is 25.1. The minimum Gasteiger partial charge on any atom is -0.366 e. The largest absolute Gasteiger partial charge is 0.366 e. The van der Waals surface area contributed by atoms with Gasteiger partial charge in [0.2, 0.25) is 15.9 Å². The number of nitrogens with two attached hydrogens (primary N) is 1. The standard InChI is InChI=1S/C25H26N4O4S/c1-3-23(30)27-15-17-6-4-5-7-18(17)19-8-9-20(25(26)31)24-21(19)14-22(28-24)16-10-12-29(13-11-16)34(2,32)33/h3-10,14,28H,1,11-13,15H2,2H3,(H2,26,31)(H,27,30). The second-order valence-electron chi connectivity index (χ2n) is 8.18. The van der Waals surface area contributed by atoms with Crippen molar-refractivity contribution >= 4 is 38.3 Å². The quantitative estimate of drug-likeness (QED) is 0.452. The van der Waals surface area contributed by atoms with Gasteiger partial charge in [0, 0.05) is 30.7 Å². The molecule has 1 aromatic heterocycles. The second-order valence-corrected chi connectivity index (χ2v) is 10.2. The van der Waals surface area contributed by atoms with E-state index in [1.807, 2.05) is 42.5 Å². The molecule has 0 unspecified atom stereocenters. The van der Waals surface area contributed by atoms with Crippen LogP contribution in [-0.4, -0.2) is 48.9 Å². The Morgan fingerprint density at radius 3 is 2.62 bits per heavy atom. The highest BCUT2D eigenvalue weighted by molar-refractivity contribution is 7.88. The van der Waals surface area contributed by atoms with Crippen molar-refractivity contribution in [3.05, 3.63) is 78.0 Å². The van der Waals surface area contributed by atoms with Crippen LogP contribution in [0, 0.1) is 0 Å². The Balaban J connectivity index is 1.81. The molecule has 0 fully saturated rings. The van der Waals surface area contributed by atoms with Crippen LogP contribution in [0.25, 0.3) is 27.6 Å². The first-order valence-corrected chi connectivity index (χ1v) is 12.6. The van der Waals surface area contributed by atoms with Gasteiger partial charge in [-0.15, -0.1) is 0 Å². The fourth-order valence-electron chi connectivity index (χ4n) is 4.22. The minimum absolute atomic E-state index is 0.264. The summed E-state index contributed by atoms with van der Waals surface area (Å²) in [5, 5.41) is 3.63. The lowest BCUT2D eigenvalue weighted by atomic mass is 9.94. The van der Waals surface area contributed by atoms with Gasteiger partial charge in [0.25, 0.3) is 5.91 Å². The molecule has 2 aromatic carbocycles. The summed E-state index contributed by atoms with van der Waals surface area (Å²) in [5.74, 6) is -0.808. The molecule has 0 saturated heterocycles. The minimum atomic E-state index is -3.25. The number of nitrogens with one attached hydrogen (secondary N) is 2. The normalized spacial score (nSPS) is 14.6. The number of hydrogen-bond donors (Lipinski definition) is 3. The van der Waals surface area contributed by atoms with Gasteiger partial charge in [-0.25, -0.2) is 8.42 Å². The molecule has 0 radical (unpaired) electrons. The molecule has 4 N–H and O–H groups in total. The summed E-state index contributed by atoms with van der Waals surface area (Å²) in [6, 6.07) is 13.2. The number of primary amides is 1. The number of carbonyl (C=O) groups is 2. The first-order chi connectivity index (χ1) is 16.2. The Morgan fingerprint density at radius 1 is 1.21 bits per heavy atom. The summed E-state index contributed by atoms with van der Waals surface area (Å²) in [5.41, 5.74) is 11.1. The average molecular weight is 479 g/mol. The number of benzene rings is 2. The zero-order valence-corrected chi connectivity index (χ0v) is 19.6. The van der Waals surface area contributed by atoms with Crippen LogP contribution in [-0.2, 0) is 21.4 Å².